The Bertz CT molecular complexity index is 2300. The van der Waals surface area contributed by atoms with Crippen LogP contribution in [0.5, 0.6) is 0 Å². The number of carbonyl (C=O) groups excluding carboxylic acids is 1. The molecule has 0 aromatic heterocycles. The molecule has 19 nitrogen and oxygen atoms in total. The standard InChI is InChI=1S/C93H169NO18/c1-3-5-7-9-11-13-15-17-19-21-23-25-27-29-31-32-33-34-35-36-37-38-39-40-41-42-43-44-45-47-49-51-53-55-57-59-61-63-65-67-69-71-81(99)94-76(77(98)70-68-66-64-62-60-58-56-54-52-50-48-46-30-28-26-24-22-20-18-16-14-12-10-8-6-4-2)75-107-91-87(105)84(102)89(79(73-96)109-91)112-93-88(106)85(103)90(80(74-97)110-93)111-92-86(104)83(101)82(100)78(72-95)108-92/h5,7,11,13,17,19,23,25,29,31,68,70,76-80,82-93,95-98,100-106H,3-4,6,8-10,12,14-16,18,20-22,24,26-28,30,32-67,69,71-75H2,1-2H3,(H,94,99)/b7-5-,13-11-,19-17-,25-23-,31-29-,70-68+. The second-order valence-electron chi connectivity index (χ2n) is 32.7. The molecule has 3 aliphatic heterocycles. The maximum absolute atomic E-state index is 13.5. The summed E-state index contributed by atoms with van der Waals surface area (Å²) in [7, 11) is 0. The van der Waals surface area contributed by atoms with Crippen LogP contribution in [0.1, 0.15) is 380 Å². The predicted octanol–water partition coefficient (Wildman–Crippen LogP) is 17.9. The minimum Gasteiger partial charge on any atom is -0.394 e. The summed E-state index contributed by atoms with van der Waals surface area (Å²) >= 11 is 0. The summed E-state index contributed by atoms with van der Waals surface area (Å²) in [5.74, 6) is -0.268. The minimum absolute atomic E-state index is 0.246. The van der Waals surface area contributed by atoms with Crippen LogP contribution in [0.3, 0.4) is 0 Å². The van der Waals surface area contributed by atoms with Gasteiger partial charge in [0.15, 0.2) is 18.9 Å². The fraction of sp³-hybridized carbons (Fsp3) is 0.860. The van der Waals surface area contributed by atoms with E-state index in [1.54, 1.807) is 6.08 Å². The number of hydrogen-bond acceptors (Lipinski definition) is 18. The zero-order valence-corrected chi connectivity index (χ0v) is 70.7. The van der Waals surface area contributed by atoms with Gasteiger partial charge in [0.25, 0.3) is 0 Å². The average molecular weight is 1590 g/mol. The summed E-state index contributed by atoms with van der Waals surface area (Å²) < 4.78 is 34.5. The van der Waals surface area contributed by atoms with Crippen LogP contribution in [-0.4, -0.2) is 193 Å². The third-order valence-corrected chi connectivity index (χ3v) is 22.8. The highest BCUT2D eigenvalue weighted by Crippen LogP contribution is 2.34. The van der Waals surface area contributed by atoms with Gasteiger partial charge in [-0.05, 0) is 64.2 Å². The fourth-order valence-electron chi connectivity index (χ4n) is 15.5. The van der Waals surface area contributed by atoms with E-state index in [0.29, 0.717) is 6.42 Å². The van der Waals surface area contributed by atoms with E-state index in [9.17, 15) is 61.0 Å². The van der Waals surface area contributed by atoms with Gasteiger partial charge >= 0.3 is 0 Å². The molecule has 0 saturated carbocycles. The Morgan fingerprint density at radius 1 is 0.330 bits per heavy atom. The minimum atomic E-state index is -1.98. The molecule has 0 radical (unpaired) electrons. The van der Waals surface area contributed by atoms with Crippen molar-refractivity contribution >= 4 is 5.91 Å². The van der Waals surface area contributed by atoms with Gasteiger partial charge in [-0.3, -0.25) is 4.79 Å². The first-order valence-electron chi connectivity index (χ1n) is 46.2. The molecule has 17 unspecified atom stereocenters. The second-order valence-corrected chi connectivity index (χ2v) is 32.7. The zero-order chi connectivity index (χ0) is 81.0. The highest BCUT2D eigenvalue weighted by atomic mass is 16.8. The molecule has 3 fully saturated rings. The van der Waals surface area contributed by atoms with Crippen LogP contribution in [0.25, 0.3) is 0 Å². The molecule has 0 aromatic carbocycles. The van der Waals surface area contributed by atoms with Crippen molar-refractivity contribution in [3.05, 3.63) is 72.9 Å². The summed E-state index contributed by atoms with van der Waals surface area (Å²) in [6.45, 7) is 1.68. The first kappa shape index (κ1) is 103. The number of unbranched alkanes of at least 4 members (excludes halogenated alkanes) is 49. The molecule has 0 aromatic rings. The largest absolute Gasteiger partial charge is 0.394 e. The third-order valence-electron chi connectivity index (χ3n) is 22.8. The molecule has 3 rings (SSSR count). The van der Waals surface area contributed by atoms with Gasteiger partial charge in [0.05, 0.1) is 38.6 Å². The van der Waals surface area contributed by atoms with Gasteiger partial charge < -0.3 is 89.9 Å². The second kappa shape index (κ2) is 72.3. The van der Waals surface area contributed by atoms with Crippen molar-refractivity contribution in [3.8, 4) is 0 Å². The molecular formula is C93H169NO18. The molecule has 0 bridgehead atoms. The molecular weight excluding hydrogens is 1420 g/mol. The molecule has 12 N–H and O–H groups in total. The average Bonchev–Trinajstić information content (AvgIpc) is 0.781. The Morgan fingerprint density at radius 2 is 0.616 bits per heavy atom. The fourth-order valence-corrected chi connectivity index (χ4v) is 15.5. The maximum atomic E-state index is 13.5. The van der Waals surface area contributed by atoms with Gasteiger partial charge in [0, 0.05) is 6.42 Å². The van der Waals surface area contributed by atoms with Crippen molar-refractivity contribution in [2.24, 2.45) is 0 Å². The number of allylic oxidation sites excluding steroid dienone is 11. The zero-order valence-electron chi connectivity index (χ0n) is 70.7. The molecule has 1 amide bonds. The quantitative estimate of drug-likeness (QED) is 0.0199. The highest BCUT2D eigenvalue weighted by Gasteiger charge is 2.54. The first-order chi connectivity index (χ1) is 54.8. The van der Waals surface area contributed by atoms with Gasteiger partial charge in [-0.1, -0.05) is 382 Å². The third kappa shape index (κ3) is 50.2. The number of aliphatic hydroxyl groups is 11. The number of carbonyl (C=O) groups is 1. The lowest BCUT2D eigenvalue weighted by molar-refractivity contribution is -0.379. The van der Waals surface area contributed by atoms with Crippen molar-refractivity contribution in [1.29, 1.82) is 0 Å². The van der Waals surface area contributed by atoms with Gasteiger partial charge in [-0.2, -0.15) is 0 Å². The number of ether oxygens (including phenoxy) is 6. The van der Waals surface area contributed by atoms with Crippen molar-refractivity contribution in [2.45, 2.75) is 484 Å². The van der Waals surface area contributed by atoms with E-state index in [0.717, 1.165) is 77.0 Å². The SMILES string of the molecule is CC/C=C\C/C=C\C/C=C\C/C=C\C/C=C\CCCCCCCCCCCCCCCCCCCCCCCCCCCC(=O)NC(COC1OC(CO)C(OC2OC(CO)C(OC3OC(CO)C(O)C(O)C3O)C(O)C2O)C(O)C1O)C(O)/C=C/CCCCCCCCCCCCCCCCCCCCCCCCCC. The lowest BCUT2D eigenvalue weighted by Gasteiger charge is -2.48. The lowest BCUT2D eigenvalue weighted by atomic mass is 9.96. The molecule has 17 atom stereocenters. The Morgan fingerprint density at radius 3 is 0.964 bits per heavy atom. The molecule has 3 heterocycles. The summed E-state index contributed by atoms with van der Waals surface area (Å²) in [6, 6.07) is -0.975. The van der Waals surface area contributed by atoms with Crippen LogP contribution >= 0.6 is 0 Å². The van der Waals surface area contributed by atoms with Crippen LogP contribution in [0.2, 0.25) is 0 Å². The number of rotatable bonds is 75. The molecule has 0 spiro atoms. The van der Waals surface area contributed by atoms with E-state index >= 15 is 0 Å². The summed E-state index contributed by atoms with van der Waals surface area (Å²) in [6.07, 6.45) is 70.6. The van der Waals surface area contributed by atoms with Gasteiger partial charge in [0.1, 0.15) is 73.2 Å². The summed E-state index contributed by atoms with van der Waals surface area (Å²) in [4.78, 5) is 13.5. The number of aliphatic hydroxyl groups excluding tert-OH is 11. The van der Waals surface area contributed by atoms with E-state index in [-0.39, 0.29) is 18.9 Å². The van der Waals surface area contributed by atoms with Crippen molar-refractivity contribution in [1.82, 2.24) is 5.32 Å². The Kier molecular flexibility index (Phi) is 66.7. The van der Waals surface area contributed by atoms with E-state index in [2.05, 4.69) is 79.9 Å². The van der Waals surface area contributed by atoms with Crippen molar-refractivity contribution in [2.75, 3.05) is 26.4 Å². The number of hydrogen-bond donors (Lipinski definition) is 12. The molecule has 3 aliphatic rings. The Labute approximate surface area is 680 Å². The smallest absolute Gasteiger partial charge is 0.220 e. The molecule has 19 heteroatoms. The van der Waals surface area contributed by atoms with Crippen LogP contribution < -0.4 is 5.32 Å². The Hall–Kier alpha value is -2.77. The van der Waals surface area contributed by atoms with Gasteiger partial charge in [-0.25, -0.2) is 0 Å². The summed E-state index contributed by atoms with van der Waals surface area (Å²) in [5.41, 5.74) is 0. The highest BCUT2D eigenvalue weighted by molar-refractivity contribution is 5.76. The van der Waals surface area contributed by atoms with Crippen molar-refractivity contribution in [3.63, 3.8) is 0 Å². The van der Waals surface area contributed by atoms with E-state index in [1.165, 1.54) is 276 Å². The van der Waals surface area contributed by atoms with Gasteiger partial charge in [0.2, 0.25) is 5.91 Å². The topological polar surface area (TPSA) is 307 Å². The maximum Gasteiger partial charge on any atom is 0.220 e. The monoisotopic (exact) mass is 1590 g/mol. The lowest BCUT2D eigenvalue weighted by Crippen LogP contribution is -2.66. The first-order valence-corrected chi connectivity index (χ1v) is 46.2. The van der Waals surface area contributed by atoms with Gasteiger partial charge in [-0.15, -0.1) is 0 Å². The van der Waals surface area contributed by atoms with E-state index < -0.39 is 124 Å². The summed E-state index contributed by atoms with van der Waals surface area (Å²) in [5, 5.41) is 121. The van der Waals surface area contributed by atoms with Crippen LogP contribution in [0.4, 0.5) is 0 Å². The molecule has 112 heavy (non-hydrogen) atoms. The molecule has 0 aliphatic carbocycles. The van der Waals surface area contributed by atoms with Crippen LogP contribution in [0, 0.1) is 0 Å². The van der Waals surface area contributed by atoms with Crippen molar-refractivity contribution < 1.29 is 89.4 Å². The van der Waals surface area contributed by atoms with Crippen LogP contribution in [-0.2, 0) is 33.2 Å². The molecule has 3 saturated heterocycles. The Balaban J connectivity index is 1.29. The predicted molar refractivity (Wildman–Crippen MR) is 452 cm³/mol. The number of amides is 1. The van der Waals surface area contributed by atoms with E-state index in [4.69, 9.17) is 28.4 Å². The van der Waals surface area contributed by atoms with E-state index in [1.807, 2.05) is 6.08 Å². The number of nitrogens with one attached hydrogen (secondary N) is 1. The molecule has 654 valence electrons. The van der Waals surface area contributed by atoms with Crippen LogP contribution in [0.15, 0.2) is 72.9 Å². The normalized spacial score (nSPS) is 25.2.